The van der Waals surface area contributed by atoms with Gasteiger partial charge in [0.2, 0.25) is 5.91 Å². The van der Waals surface area contributed by atoms with Gasteiger partial charge < -0.3 is 5.32 Å². The molecule has 1 atom stereocenters. The van der Waals surface area contributed by atoms with Gasteiger partial charge in [0.1, 0.15) is 0 Å². The molecule has 0 aliphatic carbocycles. The van der Waals surface area contributed by atoms with Crippen LogP contribution in [0.2, 0.25) is 0 Å². The van der Waals surface area contributed by atoms with Crippen LogP contribution in [0.1, 0.15) is 18.4 Å². The van der Waals surface area contributed by atoms with Gasteiger partial charge in [-0.15, -0.1) is 0 Å². The maximum atomic E-state index is 11.8. The number of hydrogen-bond acceptors (Lipinski definition) is 4. The van der Waals surface area contributed by atoms with Crippen LogP contribution in [0, 0.1) is 17.2 Å². The summed E-state index contributed by atoms with van der Waals surface area (Å²) in [4.78, 5) is 11.8. The number of nitrogens with one attached hydrogen (secondary N) is 1. The smallest absolute Gasteiger partial charge is 0.224 e. The fourth-order valence-electron chi connectivity index (χ4n) is 2.17. The highest BCUT2D eigenvalue weighted by Crippen LogP contribution is 2.22. The molecule has 0 aromatic heterocycles. The molecule has 0 spiro atoms. The molecular weight excluding hydrogens is 264 g/mol. The summed E-state index contributed by atoms with van der Waals surface area (Å²) in [6, 6.07) is 8.62. The number of amides is 1. The van der Waals surface area contributed by atoms with E-state index in [1.165, 1.54) is 0 Å². The lowest BCUT2D eigenvalue weighted by molar-refractivity contribution is -0.116. The summed E-state index contributed by atoms with van der Waals surface area (Å²) in [5.74, 6) is -0.0330. The van der Waals surface area contributed by atoms with E-state index in [0.717, 1.165) is 0 Å². The van der Waals surface area contributed by atoms with E-state index in [0.29, 0.717) is 17.7 Å². The number of benzene rings is 1. The predicted molar refractivity (Wildman–Crippen MR) is 71.2 cm³/mol. The van der Waals surface area contributed by atoms with Gasteiger partial charge in [-0.1, -0.05) is 6.07 Å². The summed E-state index contributed by atoms with van der Waals surface area (Å²) in [7, 11) is -2.95. The second kappa shape index (κ2) is 5.41. The number of nitrogens with zero attached hydrogens (tertiary/aromatic N) is 1. The first kappa shape index (κ1) is 13.6. The molecular formula is C13H14N2O3S. The zero-order valence-corrected chi connectivity index (χ0v) is 11.1. The molecule has 1 unspecified atom stereocenters. The lowest BCUT2D eigenvalue weighted by Gasteiger charge is -2.08. The highest BCUT2D eigenvalue weighted by atomic mass is 32.2. The zero-order chi connectivity index (χ0) is 13.9. The summed E-state index contributed by atoms with van der Waals surface area (Å²) in [5, 5.41) is 11.4. The van der Waals surface area contributed by atoms with Gasteiger partial charge in [-0.3, -0.25) is 4.79 Å². The third-order valence-corrected chi connectivity index (χ3v) is 4.91. The zero-order valence-electron chi connectivity index (χ0n) is 10.3. The summed E-state index contributed by atoms with van der Waals surface area (Å²) in [6.45, 7) is 0. The van der Waals surface area contributed by atoms with Crippen LogP contribution >= 0.6 is 0 Å². The highest BCUT2D eigenvalue weighted by Gasteiger charge is 2.29. The van der Waals surface area contributed by atoms with E-state index in [1.54, 1.807) is 24.3 Å². The average molecular weight is 278 g/mol. The van der Waals surface area contributed by atoms with Crippen molar-refractivity contribution in [2.24, 2.45) is 5.92 Å². The number of sulfone groups is 1. The van der Waals surface area contributed by atoms with Crippen LogP contribution in [0.3, 0.4) is 0 Å². The lowest BCUT2D eigenvalue weighted by Crippen LogP contribution is -2.17. The average Bonchev–Trinajstić information content (AvgIpc) is 2.68. The maximum absolute atomic E-state index is 11.8. The number of nitriles is 1. The molecule has 1 heterocycles. The molecule has 0 bridgehead atoms. The molecule has 1 aliphatic rings. The number of rotatable bonds is 3. The molecule has 6 heteroatoms. The number of anilines is 1. The quantitative estimate of drug-likeness (QED) is 0.903. The Morgan fingerprint density at radius 1 is 1.47 bits per heavy atom. The van der Waals surface area contributed by atoms with Crippen molar-refractivity contribution in [3.63, 3.8) is 0 Å². The standard InChI is InChI=1S/C13H14N2O3S/c14-8-10-2-1-3-12(6-10)15-13(16)7-11-4-5-19(17,18)9-11/h1-3,6,11H,4-5,7,9H2,(H,15,16). The molecule has 1 saturated heterocycles. The summed E-state index contributed by atoms with van der Waals surface area (Å²) in [6.07, 6.45) is 0.754. The Morgan fingerprint density at radius 2 is 2.26 bits per heavy atom. The molecule has 1 amide bonds. The Kier molecular flexibility index (Phi) is 3.86. The SMILES string of the molecule is N#Cc1cccc(NC(=O)CC2CCS(=O)(=O)C2)c1. The Bertz CT molecular complexity index is 632. The minimum Gasteiger partial charge on any atom is -0.326 e. The van der Waals surface area contributed by atoms with E-state index in [2.05, 4.69) is 5.32 Å². The van der Waals surface area contributed by atoms with Crippen LogP contribution in [0.15, 0.2) is 24.3 Å². The van der Waals surface area contributed by atoms with Crippen LogP contribution in [-0.4, -0.2) is 25.8 Å². The van der Waals surface area contributed by atoms with E-state index in [9.17, 15) is 13.2 Å². The molecule has 1 aromatic carbocycles. The van der Waals surface area contributed by atoms with Crippen LogP contribution < -0.4 is 5.32 Å². The first-order valence-corrected chi connectivity index (χ1v) is 7.81. The highest BCUT2D eigenvalue weighted by molar-refractivity contribution is 7.91. The lowest BCUT2D eigenvalue weighted by atomic mass is 10.0. The van der Waals surface area contributed by atoms with Gasteiger partial charge in [0.25, 0.3) is 0 Å². The Labute approximate surface area is 112 Å². The second-order valence-corrected chi connectivity index (χ2v) is 6.94. The first-order chi connectivity index (χ1) is 8.98. The van der Waals surface area contributed by atoms with Gasteiger partial charge >= 0.3 is 0 Å². The van der Waals surface area contributed by atoms with Gasteiger partial charge in [-0.05, 0) is 30.5 Å². The third-order valence-electron chi connectivity index (χ3n) is 3.08. The molecule has 0 radical (unpaired) electrons. The molecule has 1 N–H and O–H groups in total. The first-order valence-electron chi connectivity index (χ1n) is 5.99. The predicted octanol–water partition coefficient (Wildman–Crippen LogP) is 1.32. The fourth-order valence-corrected chi connectivity index (χ4v) is 4.04. The molecule has 0 saturated carbocycles. The van der Waals surface area contributed by atoms with Gasteiger partial charge in [-0.2, -0.15) is 5.26 Å². The van der Waals surface area contributed by atoms with Crippen molar-refractivity contribution in [3.8, 4) is 6.07 Å². The van der Waals surface area contributed by atoms with E-state index in [4.69, 9.17) is 5.26 Å². The largest absolute Gasteiger partial charge is 0.326 e. The Balaban J connectivity index is 1.93. The van der Waals surface area contributed by atoms with E-state index < -0.39 is 9.84 Å². The van der Waals surface area contributed by atoms with E-state index in [1.807, 2.05) is 6.07 Å². The van der Waals surface area contributed by atoms with Crippen LogP contribution in [0.4, 0.5) is 5.69 Å². The minimum atomic E-state index is -2.95. The van der Waals surface area contributed by atoms with Crippen LogP contribution in [0.5, 0.6) is 0 Å². The van der Waals surface area contributed by atoms with Gasteiger partial charge in [0.15, 0.2) is 9.84 Å². The monoisotopic (exact) mass is 278 g/mol. The minimum absolute atomic E-state index is 0.0934. The maximum Gasteiger partial charge on any atom is 0.224 e. The second-order valence-electron chi connectivity index (χ2n) is 4.71. The van der Waals surface area contributed by atoms with Crippen molar-refractivity contribution in [2.45, 2.75) is 12.8 Å². The Hall–Kier alpha value is -1.87. The number of hydrogen-bond donors (Lipinski definition) is 1. The molecule has 19 heavy (non-hydrogen) atoms. The van der Waals surface area contributed by atoms with Crippen LogP contribution in [0.25, 0.3) is 0 Å². The van der Waals surface area contributed by atoms with Crippen molar-refractivity contribution in [3.05, 3.63) is 29.8 Å². The van der Waals surface area contributed by atoms with Crippen molar-refractivity contribution in [2.75, 3.05) is 16.8 Å². The Morgan fingerprint density at radius 3 is 2.89 bits per heavy atom. The van der Waals surface area contributed by atoms with Gasteiger partial charge in [-0.25, -0.2) is 8.42 Å². The van der Waals surface area contributed by atoms with Crippen LogP contribution in [-0.2, 0) is 14.6 Å². The fraction of sp³-hybridized carbons (Fsp3) is 0.385. The summed E-state index contributed by atoms with van der Waals surface area (Å²) >= 11 is 0. The normalized spacial score (nSPS) is 20.7. The molecule has 2 rings (SSSR count). The third kappa shape index (κ3) is 3.80. The molecule has 5 nitrogen and oxygen atoms in total. The van der Waals surface area contributed by atoms with Crippen molar-refractivity contribution >= 4 is 21.4 Å². The summed E-state index contributed by atoms with van der Waals surface area (Å²) < 4.78 is 22.6. The van der Waals surface area contributed by atoms with Crippen molar-refractivity contribution < 1.29 is 13.2 Å². The molecule has 1 aliphatic heterocycles. The van der Waals surface area contributed by atoms with Crippen molar-refractivity contribution in [1.29, 1.82) is 5.26 Å². The van der Waals surface area contributed by atoms with E-state index >= 15 is 0 Å². The number of carbonyl (C=O) groups excluding carboxylic acids is 1. The topological polar surface area (TPSA) is 87.0 Å². The van der Waals surface area contributed by atoms with E-state index in [-0.39, 0.29) is 29.8 Å². The molecule has 1 fully saturated rings. The molecule has 1 aromatic rings. The van der Waals surface area contributed by atoms with Gasteiger partial charge in [0, 0.05) is 12.1 Å². The molecule has 100 valence electrons. The summed E-state index contributed by atoms with van der Waals surface area (Å²) in [5.41, 5.74) is 1.03. The van der Waals surface area contributed by atoms with Crippen molar-refractivity contribution in [1.82, 2.24) is 0 Å². The number of carbonyl (C=O) groups is 1. The van der Waals surface area contributed by atoms with Gasteiger partial charge in [0.05, 0.1) is 23.1 Å².